The Balaban J connectivity index is 1.17. The molecule has 4 heteroatoms. The molecule has 9 aromatic carbocycles. The van der Waals surface area contributed by atoms with E-state index in [-0.39, 0.29) is 0 Å². The molecule has 272 valence electrons. The number of benzene rings is 9. The van der Waals surface area contributed by atoms with Crippen LogP contribution in [0.4, 0.5) is 17.1 Å². The second kappa shape index (κ2) is 13.3. The molecule has 0 aliphatic heterocycles. The van der Waals surface area contributed by atoms with Gasteiger partial charge in [-0.3, -0.25) is 0 Å². The molecule has 12 aromatic rings. The van der Waals surface area contributed by atoms with Gasteiger partial charge in [0.2, 0.25) is 0 Å². The number of hydrogen-bond acceptors (Lipinski definition) is 3. The molecule has 0 spiro atoms. The van der Waals surface area contributed by atoms with Crippen molar-refractivity contribution in [1.82, 2.24) is 4.57 Å². The maximum atomic E-state index is 2.51. The van der Waals surface area contributed by atoms with Crippen molar-refractivity contribution < 1.29 is 0 Å². The topological polar surface area (TPSA) is 8.17 Å². The summed E-state index contributed by atoms with van der Waals surface area (Å²) >= 11 is 3.76. The number of thiophene rings is 2. The number of para-hydroxylation sites is 2. The Morgan fingerprint density at radius 3 is 1.83 bits per heavy atom. The van der Waals surface area contributed by atoms with Crippen molar-refractivity contribution in [3.05, 3.63) is 206 Å². The molecule has 0 amide bonds. The molecule has 3 heterocycles. The average molecular weight is 775 g/mol. The van der Waals surface area contributed by atoms with Gasteiger partial charge in [-0.1, -0.05) is 140 Å². The van der Waals surface area contributed by atoms with E-state index >= 15 is 0 Å². The standard InChI is InChI=1S/C54H34N2S2/c1-4-14-35(15-5-1)37-24-27-45-52(32-37)58-54-41(36-16-6-2-7-17-36)29-30-48(53(45)54)55(39-26-31-51-46(33-39)44-21-11-13-23-50(44)57-51)40-25-28-43-42-20-10-12-22-47(42)56(49(43)34-40)38-18-8-3-9-19-38/h1-34H. The fourth-order valence-corrected chi connectivity index (χ4v) is 11.3. The SMILES string of the molecule is c1ccc(-c2ccc3c(c2)sc2c(-c4ccccc4)ccc(N(c4ccc5sc6ccccc6c5c4)c4ccc5c6ccccc6n(-c6ccccc6)c5c4)c23)cc1. The monoisotopic (exact) mass is 774 g/mol. The Hall–Kier alpha value is -6.98. The summed E-state index contributed by atoms with van der Waals surface area (Å²) in [7, 11) is 0. The fourth-order valence-electron chi connectivity index (χ4n) is 8.94. The predicted octanol–water partition coefficient (Wildman–Crippen LogP) is 16.3. The highest BCUT2D eigenvalue weighted by Gasteiger charge is 2.23. The van der Waals surface area contributed by atoms with E-state index in [9.17, 15) is 0 Å². The van der Waals surface area contributed by atoms with Crippen LogP contribution < -0.4 is 4.90 Å². The van der Waals surface area contributed by atoms with Crippen molar-refractivity contribution in [2.24, 2.45) is 0 Å². The van der Waals surface area contributed by atoms with Crippen molar-refractivity contribution in [2.75, 3.05) is 4.90 Å². The lowest BCUT2D eigenvalue weighted by atomic mass is 9.98. The van der Waals surface area contributed by atoms with E-state index in [2.05, 4.69) is 216 Å². The third-order valence-electron chi connectivity index (χ3n) is 11.6. The first-order valence-electron chi connectivity index (χ1n) is 19.7. The van der Waals surface area contributed by atoms with E-state index in [1.807, 2.05) is 22.7 Å². The van der Waals surface area contributed by atoms with E-state index in [0.717, 1.165) is 22.7 Å². The van der Waals surface area contributed by atoms with Crippen LogP contribution in [0.5, 0.6) is 0 Å². The Labute approximate surface area is 343 Å². The quantitative estimate of drug-likeness (QED) is 0.163. The molecule has 12 rings (SSSR count). The Kier molecular flexibility index (Phi) is 7.62. The van der Waals surface area contributed by atoms with Gasteiger partial charge >= 0.3 is 0 Å². The largest absolute Gasteiger partial charge is 0.310 e. The minimum atomic E-state index is 1.11. The van der Waals surface area contributed by atoms with E-state index < -0.39 is 0 Å². The zero-order valence-electron chi connectivity index (χ0n) is 31.3. The van der Waals surface area contributed by atoms with E-state index in [4.69, 9.17) is 0 Å². The molecule has 0 N–H and O–H groups in total. The third kappa shape index (κ3) is 5.23. The summed E-state index contributed by atoms with van der Waals surface area (Å²) in [6, 6.07) is 75.7. The van der Waals surface area contributed by atoms with E-state index in [0.29, 0.717) is 0 Å². The molecule has 0 radical (unpaired) electrons. The maximum Gasteiger partial charge on any atom is 0.0561 e. The Morgan fingerprint density at radius 1 is 0.362 bits per heavy atom. The van der Waals surface area contributed by atoms with Crippen LogP contribution in [0.25, 0.3) is 90.1 Å². The van der Waals surface area contributed by atoms with Gasteiger partial charge in [0, 0.05) is 68.2 Å². The second-order valence-electron chi connectivity index (χ2n) is 14.9. The van der Waals surface area contributed by atoms with Crippen molar-refractivity contribution in [3.8, 4) is 27.9 Å². The molecular formula is C54H34N2S2. The molecule has 0 fully saturated rings. The van der Waals surface area contributed by atoms with Gasteiger partial charge in [0.15, 0.2) is 0 Å². The summed E-state index contributed by atoms with van der Waals surface area (Å²) in [5, 5.41) is 7.59. The van der Waals surface area contributed by atoms with Gasteiger partial charge in [-0.05, 0) is 89.0 Å². The van der Waals surface area contributed by atoms with Gasteiger partial charge in [-0.2, -0.15) is 0 Å². The minimum absolute atomic E-state index is 1.11. The van der Waals surface area contributed by atoms with Crippen LogP contribution in [0, 0.1) is 0 Å². The molecule has 2 nitrogen and oxygen atoms in total. The molecule has 0 saturated carbocycles. The number of fused-ring (bicyclic) bond motifs is 9. The predicted molar refractivity (Wildman–Crippen MR) is 252 cm³/mol. The molecule has 0 bridgehead atoms. The molecule has 0 atom stereocenters. The Bertz CT molecular complexity index is 3500. The lowest BCUT2D eigenvalue weighted by Crippen LogP contribution is -2.10. The first-order valence-corrected chi connectivity index (χ1v) is 21.3. The summed E-state index contributed by atoms with van der Waals surface area (Å²) in [6.45, 7) is 0. The number of anilines is 3. The van der Waals surface area contributed by atoms with Crippen molar-refractivity contribution in [1.29, 1.82) is 0 Å². The first-order chi connectivity index (χ1) is 28.8. The van der Waals surface area contributed by atoms with Gasteiger partial charge in [-0.15, -0.1) is 22.7 Å². The molecule has 0 aliphatic carbocycles. The normalized spacial score (nSPS) is 11.8. The molecule has 58 heavy (non-hydrogen) atoms. The van der Waals surface area contributed by atoms with Crippen LogP contribution in [0.3, 0.4) is 0 Å². The van der Waals surface area contributed by atoms with E-state index in [1.54, 1.807) is 0 Å². The maximum absolute atomic E-state index is 2.51. The highest BCUT2D eigenvalue weighted by atomic mass is 32.1. The Morgan fingerprint density at radius 2 is 1.00 bits per heavy atom. The highest BCUT2D eigenvalue weighted by molar-refractivity contribution is 7.26. The van der Waals surface area contributed by atoms with Crippen LogP contribution in [0.2, 0.25) is 0 Å². The van der Waals surface area contributed by atoms with Gasteiger partial charge in [0.25, 0.3) is 0 Å². The first kappa shape index (κ1) is 33.2. The summed E-state index contributed by atoms with van der Waals surface area (Å²) in [5.74, 6) is 0. The zero-order valence-corrected chi connectivity index (χ0v) is 33.0. The zero-order chi connectivity index (χ0) is 38.2. The summed E-state index contributed by atoms with van der Waals surface area (Å²) in [6.07, 6.45) is 0. The smallest absolute Gasteiger partial charge is 0.0561 e. The van der Waals surface area contributed by atoms with Gasteiger partial charge in [0.1, 0.15) is 0 Å². The third-order valence-corrected chi connectivity index (χ3v) is 13.9. The van der Waals surface area contributed by atoms with Gasteiger partial charge < -0.3 is 9.47 Å². The van der Waals surface area contributed by atoms with Crippen LogP contribution in [0.1, 0.15) is 0 Å². The van der Waals surface area contributed by atoms with Crippen molar-refractivity contribution in [3.63, 3.8) is 0 Å². The summed E-state index contributed by atoms with van der Waals surface area (Å²) in [4.78, 5) is 2.51. The summed E-state index contributed by atoms with van der Waals surface area (Å²) < 4.78 is 7.59. The molecular weight excluding hydrogens is 741 g/mol. The lowest BCUT2D eigenvalue weighted by Gasteiger charge is -2.27. The molecule has 0 aliphatic rings. The second-order valence-corrected chi connectivity index (χ2v) is 17.0. The summed E-state index contributed by atoms with van der Waals surface area (Å²) in [5.41, 5.74) is 11.9. The van der Waals surface area contributed by atoms with Crippen LogP contribution in [-0.4, -0.2) is 4.57 Å². The average Bonchev–Trinajstić information content (AvgIpc) is 3.97. The van der Waals surface area contributed by atoms with Crippen molar-refractivity contribution in [2.45, 2.75) is 0 Å². The van der Waals surface area contributed by atoms with Crippen LogP contribution >= 0.6 is 22.7 Å². The molecule has 0 saturated heterocycles. The molecule has 3 aromatic heterocycles. The van der Waals surface area contributed by atoms with Crippen LogP contribution in [-0.2, 0) is 0 Å². The van der Waals surface area contributed by atoms with E-state index in [1.165, 1.54) is 84.4 Å². The van der Waals surface area contributed by atoms with Crippen LogP contribution in [0.15, 0.2) is 206 Å². The fraction of sp³-hybridized carbons (Fsp3) is 0. The minimum Gasteiger partial charge on any atom is -0.310 e. The van der Waals surface area contributed by atoms with Gasteiger partial charge in [0.05, 0.1) is 16.7 Å². The number of rotatable bonds is 6. The van der Waals surface area contributed by atoms with Crippen molar-refractivity contribution >= 4 is 102 Å². The lowest BCUT2D eigenvalue weighted by molar-refractivity contribution is 1.18. The van der Waals surface area contributed by atoms with Gasteiger partial charge in [-0.25, -0.2) is 0 Å². The number of aromatic nitrogens is 1. The number of nitrogens with zero attached hydrogens (tertiary/aromatic N) is 2. The molecule has 0 unspecified atom stereocenters. The highest BCUT2D eigenvalue weighted by Crippen LogP contribution is 2.50. The number of hydrogen-bond donors (Lipinski definition) is 0.